The van der Waals surface area contributed by atoms with Crippen LogP contribution in [0.15, 0.2) is 17.1 Å². The third-order valence-corrected chi connectivity index (χ3v) is 2.08. The van der Waals surface area contributed by atoms with Crippen molar-refractivity contribution >= 4 is 35.1 Å². The van der Waals surface area contributed by atoms with E-state index in [2.05, 4.69) is 4.99 Å². The highest BCUT2D eigenvalue weighted by Crippen LogP contribution is 2.18. The summed E-state index contributed by atoms with van der Waals surface area (Å²) in [5.41, 5.74) is 10.1. The summed E-state index contributed by atoms with van der Waals surface area (Å²) in [7, 11) is 0. The summed E-state index contributed by atoms with van der Waals surface area (Å²) in [5, 5.41) is 0.711. The van der Waals surface area contributed by atoms with E-state index in [-0.39, 0.29) is 12.5 Å². The first kappa shape index (κ1) is 10.9. The molecule has 0 fully saturated rings. The van der Waals surface area contributed by atoms with E-state index in [1.165, 1.54) is 4.57 Å². The number of nitrogens with zero attached hydrogens (tertiary/aromatic N) is 2. The van der Waals surface area contributed by atoms with Crippen molar-refractivity contribution in [3.63, 3.8) is 0 Å². The standard InChI is InChI=1S/C7H8Cl2N4O/c8-4-1-2-5(9)13(4)3-6(14)12-7(10)11/h1-2H,3H2,(H4,10,11,12,14). The van der Waals surface area contributed by atoms with Crippen LogP contribution in [-0.4, -0.2) is 16.4 Å². The molecular formula is C7H8Cl2N4O. The van der Waals surface area contributed by atoms with E-state index in [1.807, 2.05) is 0 Å². The Morgan fingerprint density at radius 1 is 1.36 bits per heavy atom. The van der Waals surface area contributed by atoms with Gasteiger partial charge >= 0.3 is 0 Å². The zero-order valence-corrected chi connectivity index (χ0v) is 8.59. The summed E-state index contributed by atoms with van der Waals surface area (Å²) in [6.07, 6.45) is 0. The molecule has 0 saturated heterocycles. The highest BCUT2D eigenvalue weighted by atomic mass is 35.5. The van der Waals surface area contributed by atoms with Gasteiger partial charge in [-0.2, -0.15) is 4.99 Å². The van der Waals surface area contributed by atoms with Crippen LogP contribution in [0, 0.1) is 0 Å². The molecule has 1 heterocycles. The molecule has 4 N–H and O–H groups in total. The van der Waals surface area contributed by atoms with Crippen LogP contribution in [0.1, 0.15) is 0 Å². The predicted molar refractivity (Wildman–Crippen MR) is 55.3 cm³/mol. The summed E-state index contributed by atoms with van der Waals surface area (Å²) >= 11 is 11.5. The maximum atomic E-state index is 11.1. The number of aromatic nitrogens is 1. The summed E-state index contributed by atoms with van der Waals surface area (Å²) in [4.78, 5) is 14.5. The van der Waals surface area contributed by atoms with E-state index in [1.54, 1.807) is 12.1 Å². The van der Waals surface area contributed by atoms with E-state index < -0.39 is 5.91 Å². The fourth-order valence-electron chi connectivity index (χ4n) is 0.885. The van der Waals surface area contributed by atoms with Gasteiger partial charge in [-0.15, -0.1) is 0 Å². The van der Waals surface area contributed by atoms with Gasteiger partial charge in [-0.1, -0.05) is 23.2 Å². The van der Waals surface area contributed by atoms with E-state index in [4.69, 9.17) is 34.7 Å². The number of hydrogen-bond donors (Lipinski definition) is 2. The van der Waals surface area contributed by atoms with Crippen LogP contribution < -0.4 is 11.5 Å². The van der Waals surface area contributed by atoms with Gasteiger partial charge in [0.2, 0.25) is 0 Å². The largest absolute Gasteiger partial charge is 0.370 e. The lowest BCUT2D eigenvalue weighted by Gasteiger charge is -2.02. The number of rotatable bonds is 2. The molecule has 1 amide bonds. The first-order valence-corrected chi connectivity index (χ1v) is 4.39. The van der Waals surface area contributed by atoms with E-state index >= 15 is 0 Å². The zero-order chi connectivity index (χ0) is 10.7. The molecule has 14 heavy (non-hydrogen) atoms. The number of carbonyl (C=O) groups is 1. The number of carbonyl (C=O) groups excluding carboxylic acids is 1. The molecule has 0 radical (unpaired) electrons. The summed E-state index contributed by atoms with van der Waals surface area (Å²) < 4.78 is 1.39. The minimum atomic E-state index is -0.509. The van der Waals surface area contributed by atoms with Crippen LogP contribution in [0.4, 0.5) is 0 Å². The summed E-state index contributed by atoms with van der Waals surface area (Å²) in [5.74, 6) is -0.792. The van der Waals surface area contributed by atoms with Crippen molar-refractivity contribution in [2.75, 3.05) is 0 Å². The lowest BCUT2D eigenvalue weighted by Crippen LogP contribution is -2.25. The Balaban J connectivity index is 2.79. The number of hydrogen-bond acceptors (Lipinski definition) is 1. The lowest BCUT2D eigenvalue weighted by molar-refractivity contribution is -0.118. The summed E-state index contributed by atoms with van der Waals surface area (Å²) in [6.45, 7) is -0.0808. The summed E-state index contributed by atoms with van der Waals surface area (Å²) in [6, 6.07) is 3.15. The normalized spacial score (nSPS) is 9.86. The van der Waals surface area contributed by atoms with Gasteiger partial charge < -0.3 is 16.0 Å². The Kier molecular flexibility index (Phi) is 3.38. The number of amides is 1. The molecule has 0 aromatic carbocycles. The molecule has 76 valence electrons. The van der Waals surface area contributed by atoms with Crippen LogP contribution in [0.3, 0.4) is 0 Å². The van der Waals surface area contributed by atoms with Crippen molar-refractivity contribution in [3.05, 3.63) is 22.4 Å². The molecule has 5 nitrogen and oxygen atoms in total. The average Bonchev–Trinajstić information content (AvgIpc) is 2.34. The molecule has 1 aromatic rings. The van der Waals surface area contributed by atoms with Gasteiger partial charge in [-0.3, -0.25) is 4.79 Å². The number of aliphatic imine (C=N–C) groups is 1. The second-order valence-corrected chi connectivity index (χ2v) is 3.27. The molecule has 1 aromatic heterocycles. The Bertz CT molecular complexity index is 362. The van der Waals surface area contributed by atoms with Gasteiger partial charge in [0.25, 0.3) is 5.91 Å². The topological polar surface area (TPSA) is 86.4 Å². The fourth-order valence-corrected chi connectivity index (χ4v) is 1.36. The fraction of sp³-hybridized carbons (Fsp3) is 0.143. The molecule has 0 aliphatic carbocycles. The molecule has 7 heteroatoms. The van der Waals surface area contributed by atoms with Gasteiger partial charge in [-0.25, -0.2) is 0 Å². The minimum absolute atomic E-state index is 0.0808. The molecule has 0 spiro atoms. The molecular weight excluding hydrogens is 227 g/mol. The Morgan fingerprint density at radius 2 is 1.86 bits per heavy atom. The third-order valence-electron chi connectivity index (χ3n) is 1.42. The molecule has 0 aliphatic heterocycles. The number of nitrogens with two attached hydrogens (primary N) is 2. The van der Waals surface area contributed by atoms with E-state index in [0.29, 0.717) is 10.3 Å². The number of halogens is 2. The van der Waals surface area contributed by atoms with Crippen molar-refractivity contribution in [2.24, 2.45) is 16.5 Å². The van der Waals surface area contributed by atoms with Crippen LogP contribution in [0.25, 0.3) is 0 Å². The third kappa shape index (κ3) is 2.65. The molecule has 0 atom stereocenters. The second-order valence-electron chi connectivity index (χ2n) is 2.50. The molecule has 0 unspecified atom stereocenters. The van der Waals surface area contributed by atoms with Crippen LogP contribution >= 0.6 is 23.2 Å². The van der Waals surface area contributed by atoms with Crippen molar-refractivity contribution < 1.29 is 4.79 Å². The quantitative estimate of drug-likeness (QED) is 0.581. The van der Waals surface area contributed by atoms with Gasteiger partial charge in [0.05, 0.1) is 0 Å². The van der Waals surface area contributed by atoms with Gasteiger partial charge in [-0.05, 0) is 12.1 Å². The Morgan fingerprint density at radius 3 is 2.29 bits per heavy atom. The minimum Gasteiger partial charge on any atom is -0.370 e. The monoisotopic (exact) mass is 234 g/mol. The van der Waals surface area contributed by atoms with E-state index in [0.717, 1.165) is 0 Å². The molecule has 1 rings (SSSR count). The second kappa shape index (κ2) is 4.34. The zero-order valence-electron chi connectivity index (χ0n) is 7.08. The molecule has 0 bridgehead atoms. The first-order valence-electron chi connectivity index (χ1n) is 3.63. The Hall–Kier alpha value is -1.20. The predicted octanol–water partition coefficient (Wildman–Crippen LogP) is 0.595. The van der Waals surface area contributed by atoms with Crippen LogP contribution in [-0.2, 0) is 11.3 Å². The molecule has 0 aliphatic rings. The average molecular weight is 235 g/mol. The maximum Gasteiger partial charge on any atom is 0.268 e. The van der Waals surface area contributed by atoms with Crippen molar-refractivity contribution in [2.45, 2.75) is 6.54 Å². The lowest BCUT2D eigenvalue weighted by atomic mass is 10.6. The first-order chi connectivity index (χ1) is 6.50. The van der Waals surface area contributed by atoms with Crippen LogP contribution in [0.5, 0.6) is 0 Å². The highest BCUT2D eigenvalue weighted by molar-refractivity contribution is 6.33. The van der Waals surface area contributed by atoms with Gasteiger partial charge in [0.15, 0.2) is 5.96 Å². The van der Waals surface area contributed by atoms with E-state index in [9.17, 15) is 4.79 Å². The maximum absolute atomic E-state index is 11.1. The van der Waals surface area contributed by atoms with Crippen molar-refractivity contribution in [3.8, 4) is 0 Å². The van der Waals surface area contributed by atoms with Crippen molar-refractivity contribution in [1.29, 1.82) is 0 Å². The van der Waals surface area contributed by atoms with Gasteiger partial charge in [0.1, 0.15) is 16.9 Å². The van der Waals surface area contributed by atoms with Crippen LogP contribution in [0.2, 0.25) is 10.3 Å². The molecule has 0 saturated carbocycles. The Labute approximate surface area is 90.3 Å². The number of guanidine groups is 1. The van der Waals surface area contributed by atoms with Gasteiger partial charge in [0, 0.05) is 0 Å². The smallest absolute Gasteiger partial charge is 0.268 e. The highest BCUT2D eigenvalue weighted by Gasteiger charge is 2.08. The SMILES string of the molecule is NC(N)=NC(=O)Cn1c(Cl)ccc1Cl. The van der Waals surface area contributed by atoms with Crippen molar-refractivity contribution in [1.82, 2.24) is 4.57 Å².